The van der Waals surface area contributed by atoms with E-state index in [0.29, 0.717) is 0 Å². The fourth-order valence-corrected chi connectivity index (χ4v) is 1.35. The number of rotatable bonds is 6. The zero-order valence-corrected chi connectivity index (χ0v) is 11.3. The van der Waals surface area contributed by atoms with Gasteiger partial charge in [-0.1, -0.05) is 23.2 Å². The predicted molar refractivity (Wildman–Crippen MR) is 72.6 cm³/mol. The maximum atomic E-state index is 11.4. The van der Waals surface area contributed by atoms with Gasteiger partial charge in [-0.2, -0.15) is 0 Å². The number of nitro benzene ring substituents is 1. The van der Waals surface area contributed by atoms with Gasteiger partial charge >= 0.3 is 0 Å². The van der Waals surface area contributed by atoms with Crippen LogP contribution in [0.15, 0.2) is 24.2 Å². The smallest absolute Gasteiger partial charge is 0.269 e. The van der Waals surface area contributed by atoms with E-state index in [9.17, 15) is 25.1 Å². The molecule has 1 rings (SSSR count). The molecule has 3 N–H and O–H groups in total. The Morgan fingerprint density at radius 3 is 2.40 bits per heavy atom. The van der Waals surface area contributed by atoms with Crippen molar-refractivity contribution in [3.63, 3.8) is 0 Å². The normalized spacial score (nSPS) is 16.6. The van der Waals surface area contributed by atoms with Gasteiger partial charge in [-0.15, -0.1) is 0 Å². The lowest BCUT2D eigenvalue weighted by Gasteiger charge is -2.22. The Bertz CT molecular complexity index is 647. The quantitative estimate of drug-likeness (QED) is 0.408. The number of aliphatic hydroxyl groups is 2. The molecule has 0 aliphatic heterocycles. The zero-order valence-electron chi connectivity index (χ0n) is 13.8. The summed E-state index contributed by atoms with van der Waals surface area (Å²) in [5.41, 5.74) is -1.66. The predicted octanol–water partition coefficient (Wildman–Crippen LogP) is 0.909. The molecular weight excluding hydrogens is 311 g/mol. The van der Waals surface area contributed by atoms with E-state index in [1.165, 1.54) is 0 Å². The molecule has 0 saturated carbocycles. The summed E-state index contributed by atoms with van der Waals surface area (Å²) in [4.78, 5) is 19.7. The van der Waals surface area contributed by atoms with Crippen molar-refractivity contribution in [2.24, 2.45) is 0 Å². The summed E-state index contributed by atoms with van der Waals surface area (Å²) in [6.45, 7) is -0.843. The molecule has 0 unspecified atom stereocenters. The fraction of sp³-hybridized carbons (Fsp3) is 0.364. The molecule has 0 heterocycles. The van der Waals surface area contributed by atoms with Gasteiger partial charge in [0, 0.05) is 12.1 Å². The summed E-state index contributed by atoms with van der Waals surface area (Å²) >= 11 is 10.7. The summed E-state index contributed by atoms with van der Waals surface area (Å²) in [6, 6.07) is -5.12. The number of hydrogen-bond acceptors (Lipinski definition) is 5. The Hall–Kier alpha value is -1.41. The van der Waals surface area contributed by atoms with Gasteiger partial charge in [0.05, 0.1) is 23.1 Å². The highest BCUT2D eigenvalue weighted by molar-refractivity contribution is 6.53. The highest BCUT2D eigenvalue weighted by atomic mass is 35.5. The topological polar surface area (TPSA) is 113 Å². The lowest BCUT2D eigenvalue weighted by molar-refractivity contribution is -0.384. The van der Waals surface area contributed by atoms with Crippen LogP contribution in [0.25, 0.3) is 0 Å². The van der Waals surface area contributed by atoms with Crippen LogP contribution in [0.1, 0.15) is 17.2 Å². The van der Waals surface area contributed by atoms with Gasteiger partial charge in [0.2, 0.25) is 0 Å². The molecule has 1 aromatic rings. The van der Waals surface area contributed by atoms with Crippen LogP contribution in [0, 0.1) is 10.1 Å². The van der Waals surface area contributed by atoms with E-state index in [-0.39, 0.29) is 0 Å². The molecule has 9 heteroatoms. The number of aliphatic hydroxyl groups excluding tert-OH is 2. The van der Waals surface area contributed by atoms with E-state index in [1.807, 2.05) is 0 Å². The Labute approximate surface area is 129 Å². The van der Waals surface area contributed by atoms with Crippen LogP contribution in [0.5, 0.6) is 0 Å². The number of hydrogen-bond donors (Lipinski definition) is 3. The van der Waals surface area contributed by atoms with Crippen molar-refractivity contribution in [1.29, 1.82) is 0 Å². The minimum atomic E-state index is -1.89. The van der Waals surface area contributed by atoms with Crippen molar-refractivity contribution in [1.82, 2.24) is 5.32 Å². The van der Waals surface area contributed by atoms with Crippen molar-refractivity contribution in [2.75, 3.05) is 6.61 Å². The number of benzene rings is 1. The number of halogens is 2. The van der Waals surface area contributed by atoms with Crippen LogP contribution in [-0.2, 0) is 4.79 Å². The Morgan fingerprint density at radius 1 is 1.45 bits per heavy atom. The average Bonchev–Trinajstić information content (AvgIpc) is 2.50. The number of nitrogens with one attached hydrogen (secondary N) is 1. The SMILES string of the molecule is [2H]c1c([2H])c([N+](=O)[O-])c([2H])c([2H])c1[C@@H](O)[C@@H](CO)NC(=O)C(Cl)Cl. The molecular formula is C11H12Cl2N2O5. The molecule has 0 aliphatic rings. The van der Waals surface area contributed by atoms with Gasteiger partial charge in [0.1, 0.15) is 6.10 Å². The number of alkyl halides is 2. The van der Waals surface area contributed by atoms with Crippen LogP contribution in [-0.4, -0.2) is 38.5 Å². The second-order valence-corrected chi connectivity index (χ2v) is 4.66. The first-order valence-corrected chi connectivity index (χ1v) is 6.03. The number of amides is 1. The molecule has 0 bridgehead atoms. The summed E-state index contributed by atoms with van der Waals surface area (Å²) in [7, 11) is 0. The number of nitrogens with zero attached hydrogens (tertiary/aromatic N) is 1. The average molecular weight is 327 g/mol. The summed E-state index contributed by atoms with van der Waals surface area (Å²) in [5.74, 6) is -0.964. The van der Waals surface area contributed by atoms with E-state index in [1.54, 1.807) is 0 Å². The number of carbonyl (C=O) groups is 1. The lowest BCUT2D eigenvalue weighted by Crippen LogP contribution is -2.44. The van der Waals surface area contributed by atoms with Crippen molar-refractivity contribution < 1.29 is 25.4 Å². The largest absolute Gasteiger partial charge is 0.394 e. The summed E-state index contributed by atoms with van der Waals surface area (Å²) in [5, 5.41) is 32.4. The third-order valence-electron chi connectivity index (χ3n) is 2.21. The fourth-order valence-electron chi connectivity index (χ4n) is 1.23. The van der Waals surface area contributed by atoms with Gasteiger partial charge in [-0.3, -0.25) is 14.9 Å². The molecule has 1 amide bonds. The first kappa shape index (κ1) is 11.3. The van der Waals surface area contributed by atoms with Crippen LogP contribution in [0.4, 0.5) is 5.69 Å². The van der Waals surface area contributed by atoms with E-state index < -0.39 is 69.8 Å². The highest BCUT2D eigenvalue weighted by Crippen LogP contribution is 2.20. The second kappa shape index (κ2) is 7.39. The highest BCUT2D eigenvalue weighted by Gasteiger charge is 2.24. The molecule has 1 aromatic carbocycles. The standard InChI is InChI=1S/C11H12Cl2N2O5/c12-10(13)11(18)14-8(5-16)9(17)6-1-3-7(4-2-6)15(19)20/h1-4,8-10,16-17H,5H2,(H,14,18)/t8-,9-/m1/s1/i1D,2D,3D,4D. The maximum absolute atomic E-state index is 11.4. The lowest BCUT2D eigenvalue weighted by atomic mass is 10.0. The van der Waals surface area contributed by atoms with Gasteiger partial charge in [-0.25, -0.2) is 0 Å². The van der Waals surface area contributed by atoms with Gasteiger partial charge < -0.3 is 15.5 Å². The van der Waals surface area contributed by atoms with Crippen LogP contribution in [0.3, 0.4) is 0 Å². The zero-order chi connectivity index (χ0) is 18.8. The van der Waals surface area contributed by atoms with Gasteiger partial charge in [0.25, 0.3) is 11.6 Å². The first-order valence-electron chi connectivity index (χ1n) is 7.16. The molecule has 0 aromatic heterocycles. The molecule has 20 heavy (non-hydrogen) atoms. The summed E-state index contributed by atoms with van der Waals surface area (Å²) in [6.07, 6.45) is -1.89. The molecule has 0 saturated heterocycles. The van der Waals surface area contributed by atoms with E-state index in [2.05, 4.69) is 5.32 Å². The number of nitro groups is 1. The maximum Gasteiger partial charge on any atom is 0.269 e. The Kier molecular flexibility index (Phi) is 4.17. The molecule has 0 aliphatic carbocycles. The summed E-state index contributed by atoms with van der Waals surface area (Å²) < 4.78 is 30.6. The molecule has 0 radical (unpaired) electrons. The van der Waals surface area contributed by atoms with Gasteiger partial charge in [-0.05, 0) is 17.6 Å². The third-order valence-corrected chi connectivity index (χ3v) is 2.61. The molecule has 0 spiro atoms. The second-order valence-electron chi connectivity index (χ2n) is 3.56. The van der Waals surface area contributed by atoms with Crippen molar-refractivity contribution >= 4 is 34.8 Å². The minimum absolute atomic E-state index is 0.615. The van der Waals surface area contributed by atoms with Crippen molar-refractivity contribution in [3.05, 3.63) is 39.8 Å². The molecule has 2 atom stereocenters. The van der Waals surface area contributed by atoms with Crippen LogP contribution < -0.4 is 5.32 Å². The first-order chi connectivity index (χ1) is 11.0. The van der Waals surface area contributed by atoms with E-state index in [4.69, 9.17) is 28.7 Å². The minimum Gasteiger partial charge on any atom is -0.394 e. The van der Waals surface area contributed by atoms with E-state index >= 15 is 0 Å². The van der Waals surface area contributed by atoms with Crippen LogP contribution in [0.2, 0.25) is 0 Å². The Morgan fingerprint density at radius 2 is 2.00 bits per heavy atom. The number of carbonyl (C=O) groups excluding carboxylic acids is 1. The van der Waals surface area contributed by atoms with E-state index in [0.717, 1.165) is 0 Å². The van der Waals surface area contributed by atoms with Crippen LogP contribution >= 0.6 is 23.2 Å². The van der Waals surface area contributed by atoms with Gasteiger partial charge in [0.15, 0.2) is 4.84 Å². The Balaban J connectivity index is 3.39. The third kappa shape index (κ3) is 4.31. The molecule has 0 fully saturated rings. The molecule has 7 nitrogen and oxygen atoms in total. The monoisotopic (exact) mass is 326 g/mol. The van der Waals surface area contributed by atoms with Crippen molar-refractivity contribution in [3.8, 4) is 0 Å². The van der Waals surface area contributed by atoms with Crippen molar-refractivity contribution in [2.45, 2.75) is 17.0 Å². The molecule has 110 valence electrons.